The van der Waals surface area contributed by atoms with Crippen molar-refractivity contribution in [3.63, 3.8) is 0 Å². The van der Waals surface area contributed by atoms with Gasteiger partial charge in [0.1, 0.15) is 10.8 Å². The Morgan fingerprint density at radius 1 is 1.16 bits per heavy atom. The van der Waals surface area contributed by atoms with Crippen molar-refractivity contribution in [3.8, 4) is 0 Å². The van der Waals surface area contributed by atoms with E-state index in [4.69, 9.17) is 9.51 Å². The van der Waals surface area contributed by atoms with Crippen molar-refractivity contribution in [3.05, 3.63) is 46.3 Å². The molecule has 0 bridgehead atoms. The molecule has 25 heavy (non-hydrogen) atoms. The molecule has 0 aliphatic carbocycles. The van der Waals surface area contributed by atoms with Crippen molar-refractivity contribution >= 4 is 21.6 Å². The Bertz CT molecular complexity index is 811. The van der Waals surface area contributed by atoms with E-state index >= 15 is 0 Å². The maximum Gasteiger partial charge on any atom is 0.138 e. The Kier molecular flexibility index (Phi) is 4.58. The monoisotopic (exact) mass is 356 g/mol. The Balaban J connectivity index is 1.39. The van der Waals surface area contributed by atoms with Crippen LogP contribution in [0.5, 0.6) is 0 Å². The summed E-state index contributed by atoms with van der Waals surface area (Å²) >= 11 is 1.82. The van der Waals surface area contributed by atoms with Crippen LogP contribution in [-0.2, 0) is 6.54 Å². The molecular formula is C19H24N4OS. The molecule has 1 aliphatic rings. The number of hydrogen-bond acceptors (Lipinski definition) is 6. The van der Waals surface area contributed by atoms with Crippen LogP contribution in [-0.4, -0.2) is 46.1 Å². The molecule has 3 aromatic rings. The van der Waals surface area contributed by atoms with Gasteiger partial charge in [0.2, 0.25) is 0 Å². The van der Waals surface area contributed by atoms with E-state index in [1.54, 1.807) is 0 Å². The van der Waals surface area contributed by atoms with Crippen LogP contribution >= 0.6 is 11.3 Å². The normalized spacial score (nSPS) is 18.0. The fourth-order valence-electron chi connectivity index (χ4n) is 3.48. The summed E-state index contributed by atoms with van der Waals surface area (Å²) in [6.45, 7) is 11.5. The first-order chi connectivity index (χ1) is 12.1. The van der Waals surface area contributed by atoms with E-state index in [9.17, 15) is 0 Å². The lowest BCUT2D eigenvalue weighted by molar-refractivity contribution is 0.0974. The van der Waals surface area contributed by atoms with Gasteiger partial charge in [0.25, 0.3) is 0 Å². The highest BCUT2D eigenvalue weighted by atomic mass is 32.1. The Morgan fingerprint density at radius 2 is 1.92 bits per heavy atom. The third-order valence-electron chi connectivity index (χ3n) is 5.19. The minimum Gasteiger partial charge on any atom is -0.361 e. The number of para-hydroxylation sites is 1. The highest BCUT2D eigenvalue weighted by Gasteiger charge is 2.25. The molecule has 1 aliphatic heterocycles. The van der Waals surface area contributed by atoms with Gasteiger partial charge in [-0.3, -0.25) is 9.80 Å². The van der Waals surface area contributed by atoms with Gasteiger partial charge in [-0.1, -0.05) is 17.3 Å². The van der Waals surface area contributed by atoms with E-state index in [-0.39, 0.29) is 0 Å². The van der Waals surface area contributed by atoms with E-state index in [1.807, 2.05) is 25.2 Å². The third kappa shape index (κ3) is 3.34. The highest BCUT2D eigenvalue weighted by molar-refractivity contribution is 7.18. The zero-order valence-electron chi connectivity index (χ0n) is 15.0. The van der Waals surface area contributed by atoms with Crippen LogP contribution in [0.1, 0.15) is 35.0 Å². The molecule has 1 aromatic carbocycles. The van der Waals surface area contributed by atoms with E-state index in [0.29, 0.717) is 6.04 Å². The average Bonchev–Trinajstić information content (AvgIpc) is 3.20. The number of rotatable bonds is 4. The summed E-state index contributed by atoms with van der Waals surface area (Å²) in [4.78, 5) is 9.87. The number of benzene rings is 1. The van der Waals surface area contributed by atoms with Crippen molar-refractivity contribution in [2.75, 3.05) is 26.2 Å². The summed E-state index contributed by atoms with van der Waals surface area (Å²) in [6, 6.07) is 8.78. The van der Waals surface area contributed by atoms with Gasteiger partial charge in [-0.2, -0.15) is 0 Å². The van der Waals surface area contributed by atoms with Crippen molar-refractivity contribution in [1.82, 2.24) is 19.9 Å². The zero-order chi connectivity index (χ0) is 17.4. The largest absolute Gasteiger partial charge is 0.361 e. The summed E-state index contributed by atoms with van der Waals surface area (Å²) in [5, 5.41) is 5.29. The summed E-state index contributed by atoms with van der Waals surface area (Å²) < 4.78 is 6.57. The fourth-order valence-corrected chi connectivity index (χ4v) is 4.54. The maximum atomic E-state index is 5.29. The van der Waals surface area contributed by atoms with E-state index in [1.165, 1.54) is 15.3 Å². The molecule has 0 amide bonds. The van der Waals surface area contributed by atoms with Gasteiger partial charge in [0, 0.05) is 38.3 Å². The quantitative estimate of drug-likeness (QED) is 0.712. The fraction of sp³-hybridized carbons (Fsp3) is 0.474. The molecule has 0 N–H and O–H groups in total. The number of fused-ring (bicyclic) bond motifs is 1. The number of piperazine rings is 1. The first-order valence-corrected chi connectivity index (χ1v) is 9.67. The molecule has 132 valence electrons. The molecule has 1 atom stereocenters. The number of thiazole rings is 1. The summed E-state index contributed by atoms with van der Waals surface area (Å²) in [5.74, 6) is 0.947. The summed E-state index contributed by atoms with van der Waals surface area (Å²) in [7, 11) is 0. The summed E-state index contributed by atoms with van der Waals surface area (Å²) in [6.07, 6.45) is 0. The van der Waals surface area contributed by atoms with Crippen LogP contribution in [0, 0.1) is 13.8 Å². The van der Waals surface area contributed by atoms with Gasteiger partial charge in [0.15, 0.2) is 0 Å². The minimum absolute atomic E-state index is 0.374. The molecule has 1 fully saturated rings. The first kappa shape index (κ1) is 16.7. The molecule has 0 radical (unpaired) electrons. The average molecular weight is 356 g/mol. The van der Waals surface area contributed by atoms with Crippen molar-refractivity contribution in [2.24, 2.45) is 0 Å². The van der Waals surface area contributed by atoms with Crippen molar-refractivity contribution < 1.29 is 4.52 Å². The Labute approximate surface area is 152 Å². The second-order valence-electron chi connectivity index (χ2n) is 6.81. The SMILES string of the molecule is Cc1noc(C)c1CN1CCN(C(C)c2nc3ccccc3s2)CC1. The lowest BCUT2D eigenvalue weighted by Gasteiger charge is -2.37. The van der Waals surface area contributed by atoms with Crippen LogP contribution in [0.2, 0.25) is 0 Å². The van der Waals surface area contributed by atoms with Crippen molar-refractivity contribution in [1.29, 1.82) is 0 Å². The van der Waals surface area contributed by atoms with Gasteiger partial charge in [-0.25, -0.2) is 4.98 Å². The number of nitrogens with zero attached hydrogens (tertiary/aromatic N) is 4. The lowest BCUT2D eigenvalue weighted by Crippen LogP contribution is -2.46. The minimum atomic E-state index is 0.374. The van der Waals surface area contributed by atoms with Gasteiger partial charge < -0.3 is 4.52 Å². The first-order valence-electron chi connectivity index (χ1n) is 8.85. The smallest absolute Gasteiger partial charge is 0.138 e. The predicted octanol–water partition coefficient (Wildman–Crippen LogP) is 3.78. The number of aromatic nitrogens is 2. The summed E-state index contributed by atoms with van der Waals surface area (Å²) in [5.41, 5.74) is 3.38. The predicted molar refractivity (Wildman–Crippen MR) is 101 cm³/mol. The Morgan fingerprint density at radius 3 is 2.60 bits per heavy atom. The topological polar surface area (TPSA) is 45.4 Å². The number of aryl methyl sites for hydroxylation is 2. The second kappa shape index (κ2) is 6.86. The molecular weight excluding hydrogens is 332 g/mol. The van der Waals surface area contributed by atoms with Crippen molar-refractivity contribution in [2.45, 2.75) is 33.4 Å². The molecule has 3 heterocycles. The number of hydrogen-bond donors (Lipinski definition) is 0. The molecule has 0 spiro atoms. The van der Waals surface area contributed by atoms with Crippen LogP contribution < -0.4 is 0 Å². The van der Waals surface area contributed by atoms with Gasteiger partial charge in [-0.05, 0) is 32.9 Å². The molecule has 0 saturated carbocycles. The van der Waals surface area contributed by atoms with E-state index in [0.717, 1.165) is 49.7 Å². The molecule has 5 nitrogen and oxygen atoms in total. The molecule has 1 unspecified atom stereocenters. The second-order valence-corrected chi connectivity index (χ2v) is 7.87. The van der Waals surface area contributed by atoms with E-state index < -0.39 is 0 Å². The van der Waals surface area contributed by atoms with Crippen LogP contribution in [0.3, 0.4) is 0 Å². The lowest BCUT2D eigenvalue weighted by atomic mass is 10.1. The van der Waals surface area contributed by atoms with Crippen LogP contribution in [0.4, 0.5) is 0 Å². The van der Waals surface area contributed by atoms with Gasteiger partial charge in [0.05, 0.1) is 22.0 Å². The zero-order valence-corrected chi connectivity index (χ0v) is 15.8. The highest BCUT2D eigenvalue weighted by Crippen LogP contribution is 2.30. The van der Waals surface area contributed by atoms with Gasteiger partial charge >= 0.3 is 0 Å². The Hall–Kier alpha value is -1.76. The standard InChI is InChI=1S/C19H24N4OS/c1-13-16(15(3)24-21-13)12-22-8-10-23(11-9-22)14(2)19-20-17-6-4-5-7-18(17)25-19/h4-7,14H,8-12H2,1-3H3. The van der Waals surface area contributed by atoms with Crippen LogP contribution in [0.15, 0.2) is 28.8 Å². The van der Waals surface area contributed by atoms with Gasteiger partial charge in [-0.15, -0.1) is 11.3 Å². The van der Waals surface area contributed by atoms with Crippen LogP contribution in [0.25, 0.3) is 10.2 Å². The molecule has 4 rings (SSSR count). The molecule has 2 aromatic heterocycles. The molecule has 6 heteroatoms. The maximum absolute atomic E-state index is 5.29. The third-order valence-corrected chi connectivity index (χ3v) is 6.39. The van der Waals surface area contributed by atoms with E-state index in [2.05, 4.69) is 46.1 Å². The molecule has 1 saturated heterocycles.